The highest BCUT2D eigenvalue weighted by molar-refractivity contribution is 5.64. The molecule has 0 fully saturated rings. The zero-order valence-corrected chi connectivity index (χ0v) is 23.8. The monoisotopic (exact) mass is 570 g/mol. The van der Waals surface area contributed by atoms with Crippen molar-refractivity contribution in [1.29, 1.82) is 0 Å². The van der Waals surface area contributed by atoms with E-state index in [4.69, 9.17) is 9.47 Å². The fourth-order valence-electron chi connectivity index (χ4n) is 6.36. The topological polar surface area (TPSA) is 140 Å². The molecule has 5 atom stereocenters. The number of phenols is 4. The number of aliphatic hydroxyl groups excluding tert-OH is 2. The third-order valence-corrected chi connectivity index (χ3v) is 8.59. The van der Waals surface area contributed by atoms with Crippen LogP contribution in [0.2, 0.25) is 0 Å². The molecule has 2 aliphatic heterocycles. The van der Waals surface area contributed by atoms with Crippen LogP contribution in [0, 0.1) is 27.7 Å². The molecule has 0 saturated heterocycles. The van der Waals surface area contributed by atoms with E-state index in [-0.39, 0.29) is 40.7 Å². The van der Waals surface area contributed by atoms with E-state index in [0.29, 0.717) is 22.4 Å². The third kappa shape index (κ3) is 4.47. The van der Waals surface area contributed by atoms with Crippen molar-refractivity contribution in [2.45, 2.75) is 64.4 Å². The first-order valence-corrected chi connectivity index (χ1v) is 13.9. The van der Waals surface area contributed by atoms with E-state index in [1.54, 1.807) is 0 Å². The van der Waals surface area contributed by atoms with Gasteiger partial charge in [-0.15, -0.1) is 0 Å². The Morgan fingerprint density at radius 2 is 1.33 bits per heavy atom. The molecule has 0 spiro atoms. The molecular weight excluding hydrogens is 536 g/mol. The Morgan fingerprint density at radius 1 is 0.619 bits per heavy atom. The smallest absolute Gasteiger partial charge is 0.157 e. The molecule has 5 unspecified atom stereocenters. The van der Waals surface area contributed by atoms with Crippen molar-refractivity contribution in [3.8, 4) is 34.5 Å². The summed E-state index contributed by atoms with van der Waals surface area (Å²) in [7, 11) is 0. The summed E-state index contributed by atoms with van der Waals surface area (Å²) < 4.78 is 12.8. The normalized spacial score (nSPS) is 23.0. The number of rotatable bonds is 3. The molecule has 0 aliphatic carbocycles. The van der Waals surface area contributed by atoms with Gasteiger partial charge in [0.15, 0.2) is 17.6 Å². The number of ether oxygens (including phenoxy) is 2. The summed E-state index contributed by atoms with van der Waals surface area (Å²) in [4.78, 5) is 0. The van der Waals surface area contributed by atoms with Crippen molar-refractivity contribution in [2.75, 3.05) is 0 Å². The number of aliphatic hydroxyl groups is 2. The SMILES string of the molecule is Cc1cc(C)c2c(c1)OC(c1ccc(C)c(C)c1)C(O)C2c1c(O)cc(O)c2c1OC(c1ccc(O)c(O)c1)C(O)C2. The average molecular weight is 571 g/mol. The molecule has 218 valence electrons. The van der Waals surface area contributed by atoms with E-state index in [2.05, 4.69) is 0 Å². The lowest BCUT2D eigenvalue weighted by Crippen LogP contribution is -2.37. The minimum atomic E-state index is -1.16. The molecule has 2 aliphatic rings. The van der Waals surface area contributed by atoms with Crippen molar-refractivity contribution in [1.82, 2.24) is 0 Å². The number of phenolic OH excluding ortho intramolecular Hbond substituents is 4. The molecule has 0 aromatic heterocycles. The third-order valence-electron chi connectivity index (χ3n) is 8.59. The number of aryl methyl sites for hydroxylation is 4. The number of hydrogen-bond acceptors (Lipinski definition) is 8. The van der Waals surface area contributed by atoms with Crippen LogP contribution in [0.4, 0.5) is 0 Å². The summed E-state index contributed by atoms with van der Waals surface area (Å²) in [6, 6.07) is 15.1. The molecule has 6 N–H and O–H groups in total. The lowest BCUT2D eigenvalue weighted by molar-refractivity contribution is 0.00180. The molecule has 42 heavy (non-hydrogen) atoms. The number of aromatic hydroxyl groups is 4. The highest BCUT2D eigenvalue weighted by Crippen LogP contribution is 2.55. The van der Waals surface area contributed by atoms with Gasteiger partial charge in [-0.2, -0.15) is 0 Å². The molecule has 0 saturated carbocycles. The van der Waals surface area contributed by atoms with Gasteiger partial charge in [0.1, 0.15) is 35.2 Å². The van der Waals surface area contributed by atoms with Crippen molar-refractivity contribution in [2.24, 2.45) is 0 Å². The van der Waals surface area contributed by atoms with Gasteiger partial charge in [0.05, 0.1) is 12.0 Å². The highest BCUT2D eigenvalue weighted by Gasteiger charge is 2.45. The van der Waals surface area contributed by atoms with Crippen molar-refractivity contribution in [3.05, 3.63) is 105 Å². The largest absolute Gasteiger partial charge is 0.507 e. The van der Waals surface area contributed by atoms with E-state index in [1.165, 1.54) is 24.3 Å². The summed E-state index contributed by atoms with van der Waals surface area (Å²) in [6.07, 6.45) is -4.04. The second-order valence-electron chi connectivity index (χ2n) is 11.5. The Balaban J connectivity index is 1.55. The van der Waals surface area contributed by atoms with Gasteiger partial charge in [-0.25, -0.2) is 0 Å². The van der Waals surface area contributed by atoms with Crippen LogP contribution in [-0.2, 0) is 6.42 Å². The first-order chi connectivity index (χ1) is 19.9. The quantitative estimate of drug-likeness (QED) is 0.180. The molecule has 8 heteroatoms. The van der Waals surface area contributed by atoms with Crippen LogP contribution < -0.4 is 9.47 Å². The van der Waals surface area contributed by atoms with Crippen molar-refractivity contribution >= 4 is 0 Å². The van der Waals surface area contributed by atoms with Gasteiger partial charge in [0.2, 0.25) is 0 Å². The molecule has 0 bridgehead atoms. The minimum absolute atomic E-state index is 0.0135. The Labute approximate surface area is 243 Å². The second kappa shape index (κ2) is 10.2. The Kier molecular flexibility index (Phi) is 6.71. The number of fused-ring (bicyclic) bond motifs is 2. The predicted octanol–water partition coefficient (Wildman–Crippen LogP) is 5.41. The molecule has 0 amide bonds. The predicted molar refractivity (Wildman–Crippen MR) is 156 cm³/mol. The van der Waals surface area contributed by atoms with Gasteiger partial charge in [-0.1, -0.05) is 30.3 Å². The lowest BCUT2D eigenvalue weighted by Gasteiger charge is -2.41. The molecule has 4 aromatic rings. The first kappa shape index (κ1) is 27.8. The molecule has 0 radical (unpaired) electrons. The summed E-state index contributed by atoms with van der Waals surface area (Å²) in [5, 5.41) is 65.3. The Hall–Kier alpha value is -4.40. The van der Waals surface area contributed by atoms with Gasteiger partial charge in [-0.05, 0) is 79.3 Å². The number of hydrogen-bond donors (Lipinski definition) is 6. The maximum absolute atomic E-state index is 12.1. The average Bonchev–Trinajstić information content (AvgIpc) is 2.93. The van der Waals surface area contributed by atoms with Crippen LogP contribution in [0.3, 0.4) is 0 Å². The van der Waals surface area contributed by atoms with E-state index >= 15 is 0 Å². The van der Waals surface area contributed by atoms with Crippen LogP contribution in [-0.4, -0.2) is 42.8 Å². The standard InChI is InChI=1S/C34H34O8/c1-15-9-18(4)28-27(10-15)41-33(19-6-5-16(2)17(3)11-19)31(40)30(28)29-25(38)14-23(36)21-13-26(39)32(42-34(21)29)20-7-8-22(35)24(37)12-20/h5-12,14,26,30-33,35-40H,13H2,1-4H3. The zero-order valence-electron chi connectivity index (χ0n) is 23.8. The fourth-order valence-corrected chi connectivity index (χ4v) is 6.36. The molecule has 6 rings (SSSR count). The fraction of sp³-hybridized carbons (Fsp3) is 0.294. The van der Waals surface area contributed by atoms with Crippen LogP contribution in [0.5, 0.6) is 34.5 Å². The lowest BCUT2D eigenvalue weighted by atomic mass is 9.76. The molecular formula is C34H34O8. The second-order valence-corrected chi connectivity index (χ2v) is 11.5. The van der Waals surface area contributed by atoms with E-state index in [9.17, 15) is 30.6 Å². The first-order valence-electron chi connectivity index (χ1n) is 13.9. The molecule has 8 nitrogen and oxygen atoms in total. The van der Waals surface area contributed by atoms with E-state index < -0.39 is 30.3 Å². The van der Waals surface area contributed by atoms with E-state index in [1.807, 2.05) is 58.0 Å². The summed E-state index contributed by atoms with van der Waals surface area (Å²) in [5.41, 5.74) is 6.40. The van der Waals surface area contributed by atoms with Crippen LogP contribution in [0.1, 0.15) is 68.2 Å². The summed E-state index contributed by atoms with van der Waals surface area (Å²) in [6.45, 7) is 7.89. The van der Waals surface area contributed by atoms with E-state index in [0.717, 1.165) is 27.8 Å². The van der Waals surface area contributed by atoms with Crippen LogP contribution in [0.15, 0.2) is 54.6 Å². The Morgan fingerprint density at radius 3 is 2.05 bits per heavy atom. The van der Waals surface area contributed by atoms with Crippen molar-refractivity contribution < 1.29 is 40.1 Å². The maximum atomic E-state index is 12.1. The van der Waals surface area contributed by atoms with Gasteiger partial charge < -0.3 is 40.1 Å². The Bertz CT molecular complexity index is 1710. The van der Waals surface area contributed by atoms with Crippen molar-refractivity contribution in [3.63, 3.8) is 0 Å². The number of benzene rings is 4. The van der Waals surface area contributed by atoms with Gasteiger partial charge >= 0.3 is 0 Å². The highest BCUT2D eigenvalue weighted by atomic mass is 16.5. The van der Waals surface area contributed by atoms with Crippen LogP contribution in [0.25, 0.3) is 0 Å². The van der Waals surface area contributed by atoms with Crippen LogP contribution >= 0.6 is 0 Å². The maximum Gasteiger partial charge on any atom is 0.157 e. The molecule has 2 heterocycles. The molecule has 4 aromatic carbocycles. The van der Waals surface area contributed by atoms with Gasteiger partial charge in [0.25, 0.3) is 0 Å². The summed E-state index contributed by atoms with van der Waals surface area (Å²) in [5.74, 6) is -1.31. The van der Waals surface area contributed by atoms with Gasteiger partial charge in [0, 0.05) is 29.2 Å². The zero-order chi connectivity index (χ0) is 30.0. The van der Waals surface area contributed by atoms with Gasteiger partial charge in [-0.3, -0.25) is 0 Å². The minimum Gasteiger partial charge on any atom is -0.507 e. The summed E-state index contributed by atoms with van der Waals surface area (Å²) >= 11 is 0.